The summed E-state index contributed by atoms with van der Waals surface area (Å²) in [5, 5.41) is 9.89. The largest absolute Gasteiger partial charge is 0.490 e. The lowest BCUT2D eigenvalue weighted by Gasteiger charge is -2.15. The van der Waals surface area contributed by atoms with Crippen LogP contribution in [0, 0.1) is 0 Å². The molecule has 16 heavy (non-hydrogen) atoms. The van der Waals surface area contributed by atoms with Crippen LogP contribution in [0.2, 0.25) is 0 Å². The van der Waals surface area contributed by atoms with E-state index < -0.39 is 0 Å². The molecule has 2 atom stereocenters. The molecule has 0 radical (unpaired) electrons. The molecule has 86 valence electrons. The lowest BCUT2D eigenvalue weighted by molar-refractivity contribution is 0.163. The molecule has 0 bridgehead atoms. The first-order valence-corrected chi connectivity index (χ1v) is 6.27. The number of aliphatic hydroxyl groups is 1. The lowest BCUT2D eigenvalue weighted by atomic mass is 9.96. The fourth-order valence-corrected chi connectivity index (χ4v) is 2.53. The predicted molar refractivity (Wildman–Crippen MR) is 62.7 cm³/mol. The summed E-state index contributed by atoms with van der Waals surface area (Å²) in [5.74, 6) is 1.29. The van der Waals surface area contributed by atoms with E-state index in [1.54, 1.807) is 0 Å². The fraction of sp³-hybridized carbons (Fsp3) is 0.571. The zero-order chi connectivity index (χ0) is 11.0. The zero-order valence-corrected chi connectivity index (χ0v) is 9.43. The van der Waals surface area contributed by atoms with Gasteiger partial charge < -0.3 is 9.84 Å². The van der Waals surface area contributed by atoms with Gasteiger partial charge in [0, 0.05) is 5.92 Å². The Kier molecular flexibility index (Phi) is 2.60. The molecule has 0 spiro atoms. The lowest BCUT2D eigenvalue weighted by Crippen LogP contribution is -2.11. The number of aliphatic hydroxyl groups excluding tert-OH is 1. The molecule has 1 N–H and O–H groups in total. The van der Waals surface area contributed by atoms with Crippen molar-refractivity contribution < 1.29 is 9.84 Å². The number of ether oxygens (including phenoxy) is 1. The Balaban J connectivity index is 1.77. The first-order valence-electron chi connectivity index (χ1n) is 6.27. The van der Waals surface area contributed by atoms with Crippen LogP contribution in [-0.4, -0.2) is 17.3 Å². The molecule has 1 aromatic rings. The summed E-state index contributed by atoms with van der Waals surface area (Å²) in [6.07, 6.45) is 5.86. The van der Waals surface area contributed by atoms with Gasteiger partial charge in [0.15, 0.2) is 0 Å². The van der Waals surface area contributed by atoms with Crippen molar-refractivity contribution in [3.05, 3.63) is 29.8 Å². The van der Waals surface area contributed by atoms with Crippen LogP contribution in [0.1, 0.15) is 43.6 Å². The molecule has 3 rings (SSSR count). The van der Waals surface area contributed by atoms with Crippen molar-refractivity contribution >= 4 is 0 Å². The topological polar surface area (TPSA) is 29.5 Å². The van der Waals surface area contributed by atoms with Crippen LogP contribution >= 0.6 is 0 Å². The van der Waals surface area contributed by atoms with E-state index in [2.05, 4.69) is 12.1 Å². The molecule has 2 aliphatic carbocycles. The monoisotopic (exact) mass is 218 g/mol. The average molecular weight is 218 g/mol. The second-order valence-corrected chi connectivity index (χ2v) is 4.99. The second kappa shape index (κ2) is 4.10. The summed E-state index contributed by atoms with van der Waals surface area (Å²) in [5.41, 5.74) is 1.24. The normalized spacial score (nSPS) is 29.3. The van der Waals surface area contributed by atoms with Gasteiger partial charge in [0.25, 0.3) is 0 Å². The standard InChI is InChI=1S/C14H18O2/c15-14-6-2-5-13(14)10-3-1-4-12(9-10)16-11-7-8-11/h1,3-4,9,11,13-15H,2,5-8H2. The Labute approximate surface area is 96.2 Å². The van der Waals surface area contributed by atoms with Crippen LogP contribution in [0.5, 0.6) is 5.75 Å². The van der Waals surface area contributed by atoms with Gasteiger partial charge in [-0.1, -0.05) is 18.6 Å². The smallest absolute Gasteiger partial charge is 0.120 e. The highest BCUT2D eigenvalue weighted by molar-refractivity contribution is 5.32. The van der Waals surface area contributed by atoms with Crippen molar-refractivity contribution in [1.82, 2.24) is 0 Å². The number of benzene rings is 1. The number of rotatable bonds is 3. The van der Waals surface area contributed by atoms with Gasteiger partial charge in [-0.15, -0.1) is 0 Å². The second-order valence-electron chi connectivity index (χ2n) is 4.99. The van der Waals surface area contributed by atoms with Crippen molar-refractivity contribution in [2.75, 3.05) is 0 Å². The SMILES string of the molecule is OC1CCCC1c1cccc(OC2CC2)c1. The molecule has 2 heteroatoms. The van der Waals surface area contributed by atoms with Crippen LogP contribution in [0.15, 0.2) is 24.3 Å². The molecule has 0 heterocycles. The van der Waals surface area contributed by atoms with Gasteiger partial charge in [-0.3, -0.25) is 0 Å². The molecule has 2 fully saturated rings. The first kappa shape index (κ1) is 10.2. The highest BCUT2D eigenvalue weighted by atomic mass is 16.5. The molecule has 0 amide bonds. The van der Waals surface area contributed by atoms with Gasteiger partial charge in [-0.2, -0.15) is 0 Å². The Morgan fingerprint density at radius 1 is 1.12 bits per heavy atom. The van der Waals surface area contributed by atoms with Crippen LogP contribution in [0.4, 0.5) is 0 Å². The van der Waals surface area contributed by atoms with E-state index in [1.807, 2.05) is 12.1 Å². The molecule has 0 aliphatic heterocycles. The van der Waals surface area contributed by atoms with E-state index >= 15 is 0 Å². The van der Waals surface area contributed by atoms with Crippen LogP contribution < -0.4 is 4.74 Å². The minimum atomic E-state index is -0.156. The molecular formula is C14H18O2. The van der Waals surface area contributed by atoms with E-state index in [0.717, 1.165) is 25.0 Å². The van der Waals surface area contributed by atoms with Gasteiger partial charge >= 0.3 is 0 Å². The quantitative estimate of drug-likeness (QED) is 0.845. The molecule has 2 aliphatic rings. The number of hydrogen-bond donors (Lipinski definition) is 1. The van der Waals surface area contributed by atoms with E-state index in [4.69, 9.17) is 4.74 Å². The van der Waals surface area contributed by atoms with E-state index in [9.17, 15) is 5.11 Å². The zero-order valence-electron chi connectivity index (χ0n) is 9.43. The molecular weight excluding hydrogens is 200 g/mol. The summed E-state index contributed by atoms with van der Waals surface area (Å²) in [6, 6.07) is 8.28. The van der Waals surface area contributed by atoms with Crippen LogP contribution in [0.3, 0.4) is 0 Å². The first-order chi connectivity index (χ1) is 7.83. The molecule has 2 unspecified atom stereocenters. The summed E-state index contributed by atoms with van der Waals surface area (Å²) >= 11 is 0. The third-order valence-electron chi connectivity index (χ3n) is 3.59. The van der Waals surface area contributed by atoms with Gasteiger partial charge in [0.05, 0.1) is 12.2 Å². The minimum Gasteiger partial charge on any atom is -0.490 e. The van der Waals surface area contributed by atoms with Gasteiger partial charge in [-0.25, -0.2) is 0 Å². The molecule has 1 aromatic carbocycles. The Bertz CT molecular complexity index is 371. The minimum absolute atomic E-state index is 0.156. The van der Waals surface area contributed by atoms with Gasteiger partial charge in [0.1, 0.15) is 5.75 Å². The summed E-state index contributed by atoms with van der Waals surface area (Å²) < 4.78 is 5.78. The van der Waals surface area contributed by atoms with Crippen LogP contribution in [0.25, 0.3) is 0 Å². The Morgan fingerprint density at radius 2 is 2.00 bits per heavy atom. The maximum Gasteiger partial charge on any atom is 0.120 e. The van der Waals surface area contributed by atoms with Gasteiger partial charge in [-0.05, 0) is 43.4 Å². The third kappa shape index (κ3) is 2.07. The van der Waals surface area contributed by atoms with Crippen molar-refractivity contribution in [2.24, 2.45) is 0 Å². The van der Waals surface area contributed by atoms with Gasteiger partial charge in [0.2, 0.25) is 0 Å². The average Bonchev–Trinajstić information content (AvgIpc) is 2.99. The van der Waals surface area contributed by atoms with Crippen molar-refractivity contribution in [3.8, 4) is 5.75 Å². The fourth-order valence-electron chi connectivity index (χ4n) is 2.53. The van der Waals surface area contributed by atoms with Crippen molar-refractivity contribution in [1.29, 1.82) is 0 Å². The van der Waals surface area contributed by atoms with Crippen molar-refractivity contribution in [2.45, 2.75) is 50.2 Å². The third-order valence-corrected chi connectivity index (χ3v) is 3.59. The molecule has 2 nitrogen and oxygen atoms in total. The molecule has 0 saturated heterocycles. The summed E-state index contributed by atoms with van der Waals surface area (Å²) in [6.45, 7) is 0. The van der Waals surface area contributed by atoms with E-state index in [1.165, 1.54) is 18.4 Å². The maximum atomic E-state index is 9.89. The van der Waals surface area contributed by atoms with E-state index in [-0.39, 0.29) is 6.10 Å². The van der Waals surface area contributed by atoms with E-state index in [0.29, 0.717) is 12.0 Å². The highest BCUT2D eigenvalue weighted by Crippen LogP contribution is 2.36. The predicted octanol–water partition coefficient (Wildman–Crippen LogP) is 2.86. The van der Waals surface area contributed by atoms with Crippen molar-refractivity contribution in [3.63, 3.8) is 0 Å². The van der Waals surface area contributed by atoms with Crippen LogP contribution in [-0.2, 0) is 0 Å². The molecule has 0 aromatic heterocycles. The Hall–Kier alpha value is -1.02. The Morgan fingerprint density at radius 3 is 2.69 bits per heavy atom. The highest BCUT2D eigenvalue weighted by Gasteiger charge is 2.27. The maximum absolute atomic E-state index is 9.89. The summed E-state index contributed by atoms with van der Waals surface area (Å²) in [4.78, 5) is 0. The molecule has 2 saturated carbocycles. The number of hydrogen-bond acceptors (Lipinski definition) is 2. The summed E-state index contributed by atoms with van der Waals surface area (Å²) in [7, 11) is 0.